The molecule has 3 heteroatoms. The fourth-order valence-electron chi connectivity index (χ4n) is 4.59. The number of aliphatic hydroxyl groups excluding tert-OH is 1. The lowest BCUT2D eigenvalue weighted by Crippen LogP contribution is -2.66. The van der Waals surface area contributed by atoms with Crippen molar-refractivity contribution < 1.29 is 5.11 Å². The largest absolute Gasteiger partial charge is 0.392 e. The Labute approximate surface area is 182 Å². The minimum atomic E-state index is -0.264. The molecule has 2 N–H and O–H groups in total. The zero-order chi connectivity index (χ0) is 21.5. The summed E-state index contributed by atoms with van der Waals surface area (Å²) in [5, 5.41) is 14.0. The van der Waals surface area contributed by atoms with E-state index in [2.05, 4.69) is 67.1 Å². The average molecular weight is 405 g/mol. The number of rotatable bonds is 8. The smallest absolute Gasteiger partial charge is 0.0692 e. The summed E-state index contributed by atoms with van der Waals surface area (Å²) in [6.45, 7) is 8.25. The second kappa shape index (κ2) is 10.8. The number of hydrogen-bond acceptors (Lipinski definition) is 3. The van der Waals surface area contributed by atoms with Crippen LogP contribution in [0, 0.1) is 17.8 Å². The first-order valence-electron chi connectivity index (χ1n) is 11.3. The van der Waals surface area contributed by atoms with Crippen molar-refractivity contribution in [3.05, 3.63) is 71.3 Å². The van der Waals surface area contributed by atoms with E-state index in [0.717, 1.165) is 37.1 Å². The van der Waals surface area contributed by atoms with Gasteiger partial charge in [-0.15, -0.1) is 0 Å². The molecule has 2 aromatic rings. The zero-order valence-electron chi connectivity index (χ0n) is 18.8. The second-order valence-electron chi connectivity index (χ2n) is 8.51. The van der Waals surface area contributed by atoms with E-state index in [4.69, 9.17) is 0 Å². The standard InChI is InChI=1S/C27H36N2O/c1-5-20(3)26(30)19-29-24(6-2)27(25(29)18-28-4)23-16-14-22(15-17-23)13-12-21-10-8-7-9-11-21/h7-11,14-17,20,24-28,30H,5-6,18-19H2,1-4H3. The van der Waals surface area contributed by atoms with E-state index < -0.39 is 0 Å². The molecule has 0 saturated carbocycles. The maximum atomic E-state index is 10.6. The summed E-state index contributed by atoms with van der Waals surface area (Å²) in [6, 6.07) is 19.8. The molecular weight excluding hydrogens is 368 g/mol. The summed E-state index contributed by atoms with van der Waals surface area (Å²) < 4.78 is 0. The quantitative estimate of drug-likeness (QED) is 0.646. The molecule has 3 rings (SSSR count). The summed E-state index contributed by atoms with van der Waals surface area (Å²) in [7, 11) is 2.02. The molecule has 30 heavy (non-hydrogen) atoms. The normalized spacial score (nSPS) is 23.2. The van der Waals surface area contributed by atoms with Crippen LogP contribution in [0.15, 0.2) is 54.6 Å². The highest BCUT2D eigenvalue weighted by Gasteiger charge is 2.47. The first kappa shape index (κ1) is 22.6. The molecule has 5 unspecified atom stereocenters. The van der Waals surface area contributed by atoms with Crippen molar-refractivity contribution in [2.45, 2.75) is 57.7 Å². The Hall–Kier alpha value is -2.12. The van der Waals surface area contributed by atoms with Gasteiger partial charge < -0.3 is 10.4 Å². The SMILES string of the molecule is CCC(C)C(O)CN1C(CC)C(c2ccc(C#Cc3ccccc3)cc2)C1CNC. The Morgan fingerprint density at radius 3 is 2.17 bits per heavy atom. The van der Waals surface area contributed by atoms with Crippen molar-refractivity contribution in [1.82, 2.24) is 10.2 Å². The Bertz CT molecular complexity index is 837. The van der Waals surface area contributed by atoms with E-state index in [1.807, 2.05) is 37.4 Å². The number of benzene rings is 2. The van der Waals surface area contributed by atoms with E-state index in [-0.39, 0.29) is 6.10 Å². The molecule has 1 fully saturated rings. The molecule has 0 amide bonds. The molecule has 160 valence electrons. The van der Waals surface area contributed by atoms with Gasteiger partial charge in [0.05, 0.1) is 6.10 Å². The van der Waals surface area contributed by atoms with Gasteiger partial charge in [0.2, 0.25) is 0 Å². The van der Waals surface area contributed by atoms with Gasteiger partial charge in [-0.2, -0.15) is 0 Å². The summed E-state index contributed by atoms with van der Waals surface area (Å²) in [4.78, 5) is 2.51. The number of nitrogens with one attached hydrogen (secondary N) is 1. The summed E-state index contributed by atoms with van der Waals surface area (Å²) in [6.07, 6.45) is 1.84. The molecule has 1 heterocycles. The second-order valence-corrected chi connectivity index (χ2v) is 8.51. The number of β-amino-alcohol motifs (C(OH)–C–C–N with tert-alkyl or cyclic N) is 1. The van der Waals surface area contributed by atoms with E-state index >= 15 is 0 Å². The zero-order valence-corrected chi connectivity index (χ0v) is 18.8. The molecule has 5 atom stereocenters. The molecule has 0 radical (unpaired) electrons. The van der Waals surface area contributed by atoms with Crippen molar-refractivity contribution in [2.24, 2.45) is 5.92 Å². The first-order chi connectivity index (χ1) is 14.6. The summed E-state index contributed by atoms with van der Waals surface area (Å²) >= 11 is 0. The van der Waals surface area contributed by atoms with Crippen LogP contribution >= 0.6 is 0 Å². The minimum Gasteiger partial charge on any atom is -0.392 e. The van der Waals surface area contributed by atoms with E-state index in [0.29, 0.717) is 23.9 Å². The maximum Gasteiger partial charge on any atom is 0.0692 e. The lowest BCUT2D eigenvalue weighted by atomic mass is 9.73. The fourth-order valence-corrected chi connectivity index (χ4v) is 4.59. The highest BCUT2D eigenvalue weighted by Crippen LogP contribution is 2.42. The van der Waals surface area contributed by atoms with Gasteiger partial charge in [-0.3, -0.25) is 4.90 Å². The van der Waals surface area contributed by atoms with Gasteiger partial charge in [0.1, 0.15) is 0 Å². The number of likely N-dealkylation sites (N-methyl/N-ethyl adjacent to an activating group) is 1. The van der Waals surface area contributed by atoms with Crippen LogP contribution in [-0.4, -0.2) is 48.3 Å². The fraction of sp³-hybridized carbons (Fsp3) is 0.481. The van der Waals surface area contributed by atoms with E-state index in [9.17, 15) is 5.11 Å². The van der Waals surface area contributed by atoms with Gasteiger partial charge >= 0.3 is 0 Å². The number of aliphatic hydroxyl groups is 1. The Morgan fingerprint density at radius 2 is 1.60 bits per heavy atom. The van der Waals surface area contributed by atoms with Crippen molar-refractivity contribution in [2.75, 3.05) is 20.1 Å². The minimum absolute atomic E-state index is 0.264. The lowest BCUT2D eigenvalue weighted by molar-refractivity contribution is -0.0554. The maximum absolute atomic E-state index is 10.6. The van der Waals surface area contributed by atoms with Crippen LogP contribution < -0.4 is 5.32 Å². The third kappa shape index (κ3) is 5.13. The number of nitrogens with zero attached hydrogens (tertiary/aromatic N) is 1. The number of hydrogen-bond donors (Lipinski definition) is 2. The summed E-state index contributed by atoms with van der Waals surface area (Å²) in [5.74, 6) is 7.33. The van der Waals surface area contributed by atoms with Gasteiger partial charge in [0, 0.05) is 42.2 Å². The van der Waals surface area contributed by atoms with Gasteiger partial charge in [-0.1, -0.05) is 69.4 Å². The molecule has 0 aliphatic carbocycles. The number of likely N-dealkylation sites (tertiary alicyclic amines) is 1. The Balaban J connectivity index is 1.74. The van der Waals surface area contributed by atoms with Crippen LogP contribution in [0.2, 0.25) is 0 Å². The average Bonchev–Trinajstić information content (AvgIpc) is 2.78. The van der Waals surface area contributed by atoms with Crippen LogP contribution in [0.3, 0.4) is 0 Å². The molecule has 0 aromatic heterocycles. The van der Waals surface area contributed by atoms with Gasteiger partial charge in [0.25, 0.3) is 0 Å². The van der Waals surface area contributed by atoms with E-state index in [1.54, 1.807) is 0 Å². The van der Waals surface area contributed by atoms with Crippen LogP contribution in [0.4, 0.5) is 0 Å². The Kier molecular flexibility index (Phi) is 8.10. The monoisotopic (exact) mass is 404 g/mol. The van der Waals surface area contributed by atoms with Crippen molar-refractivity contribution >= 4 is 0 Å². The highest BCUT2D eigenvalue weighted by atomic mass is 16.3. The molecule has 0 spiro atoms. The first-order valence-corrected chi connectivity index (χ1v) is 11.3. The third-order valence-electron chi connectivity index (χ3n) is 6.63. The Morgan fingerprint density at radius 1 is 0.967 bits per heavy atom. The molecule has 2 aromatic carbocycles. The molecule has 1 aliphatic heterocycles. The van der Waals surface area contributed by atoms with Gasteiger partial charge in [0.15, 0.2) is 0 Å². The predicted octanol–water partition coefficient (Wildman–Crippen LogP) is 4.26. The molecule has 1 saturated heterocycles. The lowest BCUT2D eigenvalue weighted by Gasteiger charge is -2.56. The summed E-state index contributed by atoms with van der Waals surface area (Å²) in [5.41, 5.74) is 3.46. The van der Waals surface area contributed by atoms with Gasteiger partial charge in [-0.25, -0.2) is 0 Å². The van der Waals surface area contributed by atoms with Crippen LogP contribution in [0.25, 0.3) is 0 Å². The van der Waals surface area contributed by atoms with Crippen LogP contribution in [0.5, 0.6) is 0 Å². The van der Waals surface area contributed by atoms with Crippen molar-refractivity contribution in [3.8, 4) is 11.8 Å². The van der Waals surface area contributed by atoms with Crippen molar-refractivity contribution in [3.63, 3.8) is 0 Å². The topological polar surface area (TPSA) is 35.5 Å². The van der Waals surface area contributed by atoms with Crippen molar-refractivity contribution in [1.29, 1.82) is 0 Å². The predicted molar refractivity (Wildman–Crippen MR) is 126 cm³/mol. The molecule has 0 bridgehead atoms. The highest BCUT2D eigenvalue weighted by molar-refractivity contribution is 5.44. The van der Waals surface area contributed by atoms with Crippen LogP contribution in [0.1, 0.15) is 56.2 Å². The molecular formula is C27H36N2O. The molecule has 1 aliphatic rings. The molecule has 3 nitrogen and oxygen atoms in total. The third-order valence-corrected chi connectivity index (χ3v) is 6.63. The van der Waals surface area contributed by atoms with Crippen LogP contribution in [-0.2, 0) is 0 Å². The van der Waals surface area contributed by atoms with E-state index in [1.165, 1.54) is 5.56 Å². The van der Waals surface area contributed by atoms with Gasteiger partial charge in [-0.05, 0) is 49.2 Å².